The van der Waals surface area contributed by atoms with Gasteiger partial charge in [-0.3, -0.25) is 0 Å². The lowest BCUT2D eigenvalue weighted by atomic mass is 10.1. The van der Waals surface area contributed by atoms with Gasteiger partial charge in [-0.15, -0.1) is 0 Å². The molecule has 0 aromatic carbocycles. The van der Waals surface area contributed by atoms with Gasteiger partial charge in [-0.2, -0.15) is 0 Å². The molecule has 150 valence electrons. The van der Waals surface area contributed by atoms with E-state index in [0.29, 0.717) is 58.5 Å². The maximum Gasteiger partial charge on any atom is 0.409 e. The highest BCUT2D eigenvalue weighted by Crippen LogP contribution is 2.15. The van der Waals surface area contributed by atoms with Gasteiger partial charge in [0.05, 0.1) is 12.4 Å². The third-order valence-electron chi connectivity index (χ3n) is 4.90. The molecule has 0 unspecified atom stereocenters. The molecule has 0 saturated carbocycles. The van der Waals surface area contributed by atoms with E-state index in [1.807, 2.05) is 0 Å². The number of rotatable bonds is 5. The standard InChI is InChI=1S/C16H30N4O5S/c1-3-25-16(22)19-9-5-13(6-10-19)17-15(21)18-14-7-11-20(12-8-14)26(23,24)4-2/h13-14H,3-12H2,1-2H3,(H2,17,18,21). The second-order valence-corrected chi connectivity index (χ2v) is 8.91. The lowest BCUT2D eigenvalue weighted by molar-refractivity contribution is 0.0957. The summed E-state index contributed by atoms with van der Waals surface area (Å²) in [6.45, 7) is 5.79. The zero-order valence-electron chi connectivity index (χ0n) is 15.6. The van der Waals surface area contributed by atoms with E-state index in [-0.39, 0.29) is 30.0 Å². The smallest absolute Gasteiger partial charge is 0.409 e. The van der Waals surface area contributed by atoms with Crippen LogP contribution in [0.2, 0.25) is 0 Å². The van der Waals surface area contributed by atoms with E-state index < -0.39 is 10.0 Å². The van der Waals surface area contributed by atoms with E-state index in [0.717, 1.165) is 0 Å². The van der Waals surface area contributed by atoms with Gasteiger partial charge in [-0.25, -0.2) is 22.3 Å². The Labute approximate surface area is 155 Å². The van der Waals surface area contributed by atoms with Crippen LogP contribution >= 0.6 is 0 Å². The molecule has 10 heteroatoms. The number of urea groups is 1. The van der Waals surface area contributed by atoms with Crippen LogP contribution < -0.4 is 10.6 Å². The fraction of sp³-hybridized carbons (Fsp3) is 0.875. The number of likely N-dealkylation sites (tertiary alicyclic amines) is 1. The molecular formula is C16H30N4O5S. The topological polar surface area (TPSA) is 108 Å². The fourth-order valence-electron chi connectivity index (χ4n) is 3.29. The van der Waals surface area contributed by atoms with E-state index in [2.05, 4.69) is 10.6 Å². The maximum absolute atomic E-state index is 12.2. The van der Waals surface area contributed by atoms with Crippen LogP contribution in [0, 0.1) is 0 Å². The molecule has 0 spiro atoms. The van der Waals surface area contributed by atoms with Crippen molar-refractivity contribution in [1.82, 2.24) is 19.8 Å². The number of carbonyl (C=O) groups is 2. The van der Waals surface area contributed by atoms with Crippen molar-refractivity contribution in [2.45, 2.75) is 51.6 Å². The van der Waals surface area contributed by atoms with Gasteiger partial charge in [0.2, 0.25) is 10.0 Å². The van der Waals surface area contributed by atoms with Gasteiger partial charge in [0.15, 0.2) is 0 Å². The summed E-state index contributed by atoms with van der Waals surface area (Å²) < 4.78 is 30.2. The summed E-state index contributed by atoms with van der Waals surface area (Å²) in [6, 6.07) is -0.212. The van der Waals surface area contributed by atoms with Crippen LogP contribution in [0.5, 0.6) is 0 Å². The SMILES string of the molecule is CCOC(=O)N1CCC(NC(=O)NC2CCN(S(=O)(=O)CC)CC2)CC1. The second kappa shape index (κ2) is 9.40. The van der Waals surface area contributed by atoms with Gasteiger partial charge in [0.1, 0.15) is 0 Å². The van der Waals surface area contributed by atoms with Crippen LogP contribution in [0.3, 0.4) is 0 Å². The third kappa shape index (κ3) is 5.73. The molecule has 0 bridgehead atoms. The number of hydrogen-bond donors (Lipinski definition) is 2. The Balaban J connectivity index is 1.68. The van der Waals surface area contributed by atoms with Crippen molar-refractivity contribution in [3.05, 3.63) is 0 Å². The van der Waals surface area contributed by atoms with Gasteiger partial charge in [-0.1, -0.05) is 0 Å². The summed E-state index contributed by atoms with van der Waals surface area (Å²) in [5, 5.41) is 5.88. The predicted octanol–water partition coefficient (Wildman–Crippen LogP) is 0.721. The Morgan fingerprint density at radius 3 is 1.92 bits per heavy atom. The minimum absolute atomic E-state index is 0.0158. The molecule has 0 aliphatic carbocycles. The van der Waals surface area contributed by atoms with Crippen LogP contribution in [0.25, 0.3) is 0 Å². The lowest BCUT2D eigenvalue weighted by Crippen LogP contribution is -2.53. The van der Waals surface area contributed by atoms with Crippen LogP contribution in [-0.2, 0) is 14.8 Å². The van der Waals surface area contributed by atoms with E-state index in [1.165, 1.54) is 4.31 Å². The molecule has 2 saturated heterocycles. The minimum atomic E-state index is -3.15. The van der Waals surface area contributed by atoms with E-state index in [1.54, 1.807) is 18.7 Å². The van der Waals surface area contributed by atoms with Crippen LogP contribution in [-0.4, -0.2) is 80.4 Å². The summed E-state index contributed by atoms with van der Waals surface area (Å²) in [5.41, 5.74) is 0. The molecule has 0 atom stereocenters. The highest BCUT2D eigenvalue weighted by Gasteiger charge is 2.28. The van der Waals surface area contributed by atoms with Gasteiger partial charge in [-0.05, 0) is 39.5 Å². The first-order valence-corrected chi connectivity index (χ1v) is 10.9. The number of sulfonamides is 1. The molecule has 0 radical (unpaired) electrons. The van der Waals surface area contributed by atoms with Crippen LogP contribution in [0.15, 0.2) is 0 Å². The van der Waals surface area contributed by atoms with Crippen molar-refractivity contribution in [2.75, 3.05) is 38.5 Å². The Bertz CT molecular complexity index is 581. The van der Waals surface area contributed by atoms with Gasteiger partial charge >= 0.3 is 12.1 Å². The Morgan fingerprint density at radius 1 is 0.962 bits per heavy atom. The number of nitrogens with zero attached hydrogens (tertiary/aromatic N) is 2. The van der Waals surface area contributed by atoms with Crippen molar-refractivity contribution in [2.24, 2.45) is 0 Å². The number of carbonyl (C=O) groups excluding carboxylic acids is 2. The zero-order chi connectivity index (χ0) is 19.2. The monoisotopic (exact) mass is 390 g/mol. The molecule has 2 N–H and O–H groups in total. The maximum atomic E-state index is 12.2. The normalized spacial score (nSPS) is 20.6. The predicted molar refractivity (Wildman–Crippen MR) is 97.3 cm³/mol. The van der Waals surface area contributed by atoms with Gasteiger partial charge < -0.3 is 20.3 Å². The summed E-state index contributed by atoms with van der Waals surface area (Å²) in [4.78, 5) is 25.5. The number of piperidine rings is 2. The van der Waals surface area contributed by atoms with E-state index in [4.69, 9.17) is 4.74 Å². The first kappa shape index (κ1) is 20.8. The number of amides is 3. The summed E-state index contributed by atoms with van der Waals surface area (Å²) >= 11 is 0. The highest BCUT2D eigenvalue weighted by atomic mass is 32.2. The molecule has 2 fully saturated rings. The zero-order valence-corrected chi connectivity index (χ0v) is 16.4. The Morgan fingerprint density at radius 2 is 1.46 bits per heavy atom. The van der Waals surface area contributed by atoms with Gasteiger partial charge in [0.25, 0.3) is 0 Å². The highest BCUT2D eigenvalue weighted by molar-refractivity contribution is 7.89. The van der Waals surface area contributed by atoms with Crippen molar-refractivity contribution in [1.29, 1.82) is 0 Å². The van der Waals surface area contributed by atoms with Crippen LogP contribution in [0.4, 0.5) is 9.59 Å². The number of ether oxygens (including phenoxy) is 1. The first-order chi connectivity index (χ1) is 12.4. The average Bonchev–Trinajstić information content (AvgIpc) is 2.63. The van der Waals surface area contributed by atoms with Crippen molar-refractivity contribution in [3.8, 4) is 0 Å². The first-order valence-electron chi connectivity index (χ1n) is 9.32. The molecule has 2 aliphatic rings. The van der Waals surface area contributed by atoms with E-state index in [9.17, 15) is 18.0 Å². The third-order valence-corrected chi connectivity index (χ3v) is 6.79. The van der Waals surface area contributed by atoms with Crippen molar-refractivity contribution in [3.63, 3.8) is 0 Å². The molecule has 2 rings (SSSR count). The van der Waals surface area contributed by atoms with Gasteiger partial charge in [0, 0.05) is 38.3 Å². The molecule has 2 aliphatic heterocycles. The summed E-state index contributed by atoms with van der Waals surface area (Å²) in [7, 11) is -3.15. The average molecular weight is 391 g/mol. The van der Waals surface area contributed by atoms with Crippen molar-refractivity contribution >= 4 is 22.1 Å². The molecule has 3 amide bonds. The largest absolute Gasteiger partial charge is 0.450 e. The molecule has 9 nitrogen and oxygen atoms in total. The molecule has 0 aromatic rings. The second-order valence-electron chi connectivity index (χ2n) is 6.65. The lowest BCUT2D eigenvalue weighted by Gasteiger charge is -2.33. The molecule has 26 heavy (non-hydrogen) atoms. The molecule has 2 heterocycles. The quantitative estimate of drug-likeness (QED) is 0.719. The molecule has 0 aromatic heterocycles. The number of nitrogens with one attached hydrogen (secondary N) is 2. The molecular weight excluding hydrogens is 360 g/mol. The van der Waals surface area contributed by atoms with Crippen LogP contribution in [0.1, 0.15) is 39.5 Å². The summed E-state index contributed by atoms with van der Waals surface area (Å²) in [5.74, 6) is 0.107. The van der Waals surface area contributed by atoms with Crippen molar-refractivity contribution < 1.29 is 22.7 Å². The fourth-order valence-corrected chi connectivity index (χ4v) is 4.43. The Kier molecular flexibility index (Phi) is 7.51. The minimum Gasteiger partial charge on any atom is -0.450 e. The van der Waals surface area contributed by atoms with E-state index >= 15 is 0 Å². The Hall–Kier alpha value is -1.55. The summed E-state index contributed by atoms with van der Waals surface area (Å²) in [6.07, 6.45) is 2.32. The number of hydrogen-bond acceptors (Lipinski definition) is 5.